The van der Waals surface area contributed by atoms with Gasteiger partial charge in [-0.25, -0.2) is 0 Å². The van der Waals surface area contributed by atoms with Gasteiger partial charge in [-0.05, 0) is 27.9 Å². The molecular weight excluding hydrogens is 131 g/mol. The lowest BCUT2D eigenvalue weighted by molar-refractivity contribution is 1.29. The van der Waals surface area contributed by atoms with Crippen molar-refractivity contribution >= 4 is 15.1 Å². The molecule has 0 aliphatic rings. The minimum absolute atomic E-state index is 1.06. The van der Waals surface area contributed by atoms with E-state index in [1.807, 2.05) is 13.0 Å². The van der Waals surface area contributed by atoms with Crippen LogP contribution in [-0.4, -0.2) is 4.98 Å². The first-order chi connectivity index (χ1) is 4.34. The van der Waals surface area contributed by atoms with Crippen LogP contribution in [-0.2, 0) is 0 Å². The quantitative estimate of drug-likeness (QED) is 0.599. The van der Waals surface area contributed by atoms with Crippen LogP contribution in [0.5, 0.6) is 0 Å². The van der Waals surface area contributed by atoms with Crippen molar-refractivity contribution in [2.24, 2.45) is 0 Å². The van der Waals surface area contributed by atoms with Crippen LogP contribution in [0.15, 0.2) is 18.5 Å². The molecule has 1 atom stereocenters. The lowest BCUT2D eigenvalue weighted by Gasteiger charge is -2.00. The van der Waals surface area contributed by atoms with E-state index < -0.39 is 0 Å². The van der Waals surface area contributed by atoms with Crippen LogP contribution in [0.25, 0.3) is 0 Å². The molecule has 9 heavy (non-hydrogen) atoms. The minimum atomic E-state index is 1.06. The summed E-state index contributed by atoms with van der Waals surface area (Å²) in [6.45, 7) is 2.04. The first-order valence-corrected chi connectivity index (χ1v) is 3.29. The number of hydrogen-bond acceptors (Lipinski definition) is 2. The molecule has 0 saturated heterocycles. The molecule has 0 aliphatic carbocycles. The van der Waals surface area contributed by atoms with Crippen molar-refractivity contribution in [2.75, 3.05) is 5.09 Å². The predicted octanol–water partition coefficient (Wildman–Crippen LogP) is 1.59. The van der Waals surface area contributed by atoms with E-state index in [9.17, 15) is 0 Å². The fourth-order valence-electron chi connectivity index (χ4n) is 0.615. The largest absolute Gasteiger partial charge is 0.368 e. The van der Waals surface area contributed by atoms with Gasteiger partial charge in [-0.15, -0.1) is 0 Å². The van der Waals surface area contributed by atoms with Gasteiger partial charge in [0.2, 0.25) is 0 Å². The van der Waals surface area contributed by atoms with E-state index in [0.717, 1.165) is 5.69 Å². The van der Waals surface area contributed by atoms with E-state index in [2.05, 4.69) is 19.5 Å². The second-order valence-corrected chi connectivity index (χ2v) is 2.12. The Morgan fingerprint density at radius 3 is 2.89 bits per heavy atom. The van der Waals surface area contributed by atoms with Crippen molar-refractivity contribution in [1.29, 1.82) is 0 Å². The standard InChI is InChI=1S/C6H9N2P/c1-5-2-3-7-4-6(5)8-9/h2-4,8H,9H2,1H3. The molecular formula is C6H9N2P. The Hall–Kier alpha value is -0.620. The smallest absolute Gasteiger partial charge is 0.0584 e. The van der Waals surface area contributed by atoms with E-state index in [0.29, 0.717) is 0 Å². The second kappa shape index (κ2) is 2.79. The summed E-state index contributed by atoms with van der Waals surface area (Å²) >= 11 is 0. The highest BCUT2D eigenvalue weighted by Crippen LogP contribution is 2.12. The van der Waals surface area contributed by atoms with Crippen LogP contribution < -0.4 is 5.09 Å². The van der Waals surface area contributed by atoms with Gasteiger partial charge in [-0.3, -0.25) is 4.98 Å². The van der Waals surface area contributed by atoms with Crippen LogP contribution in [0.4, 0.5) is 5.69 Å². The molecule has 2 nitrogen and oxygen atoms in total. The van der Waals surface area contributed by atoms with Crippen molar-refractivity contribution in [3.05, 3.63) is 24.0 Å². The number of anilines is 1. The van der Waals surface area contributed by atoms with Crippen molar-refractivity contribution in [3.8, 4) is 0 Å². The maximum atomic E-state index is 3.94. The summed E-state index contributed by atoms with van der Waals surface area (Å²) in [5.74, 6) is 0. The zero-order chi connectivity index (χ0) is 6.69. The lowest BCUT2D eigenvalue weighted by atomic mass is 10.3. The average Bonchev–Trinajstić information content (AvgIpc) is 1.89. The van der Waals surface area contributed by atoms with Gasteiger partial charge < -0.3 is 5.09 Å². The van der Waals surface area contributed by atoms with Crippen LogP contribution in [0, 0.1) is 6.92 Å². The number of hydrogen-bond donors (Lipinski definition) is 1. The minimum Gasteiger partial charge on any atom is -0.368 e. The maximum absolute atomic E-state index is 3.94. The van der Waals surface area contributed by atoms with Gasteiger partial charge in [0.05, 0.1) is 11.9 Å². The molecule has 1 aromatic rings. The molecule has 1 rings (SSSR count). The molecule has 0 spiro atoms. The van der Waals surface area contributed by atoms with E-state index in [1.165, 1.54) is 5.56 Å². The number of pyridine rings is 1. The summed E-state index contributed by atoms with van der Waals surface area (Å²) in [6, 6.07) is 1.96. The fraction of sp³-hybridized carbons (Fsp3) is 0.167. The number of rotatable bonds is 1. The van der Waals surface area contributed by atoms with E-state index in [1.54, 1.807) is 12.4 Å². The van der Waals surface area contributed by atoms with Gasteiger partial charge in [0.1, 0.15) is 0 Å². The molecule has 3 heteroatoms. The van der Waals surface area contributed by atoms with Crippen LogP contribution in [0.2, 0.25) is 0 Å². The van der Waals surface area contributed by atoms with Crippen LogP contribution in [0.1, 0.15) is 5.56 Å². The number of aryl methyl sites for hydroxylation is 1. The predicted molar refractivity (Wildman–Crippen MR) is 42.3 cm³/mol. The molecule has 0 bridgehead atoms. The van der Waals surface area contributed by atoms with Gasteiger partial charge in [-0.2, -0.15) is 0 Å². The monoisotopic (exact) mass is 140 g/mol. The Bertz CT molecular complexity index is 200. The summed E-state index contributed by atoms with van der Waals surface area (Å²) in [6.07, 6.45) is 3.57. The normalized spacial score (nSPS) is 9.11. The van der Waals surface area contributed by atoms with Crippen molar-refractivity contribution in [3.63, 3.8) is 0 Å². The maximum Gasteiger partial charge on any atom is 0.0584 e. The Morgan fingerprint density at radius 1 is 1.67 bits per heavy atom. The number of nitrogens with one attached hydrogen (secondary N) is 1. The molecule has 1 heterocycles. The molecule has 0 amide bonds. The topological polar surface area (TPSA) is 24.9 Å². The molecule has 48 valence electrons. The highest BCUT2D eigenvalue weighted by Gasteiger charge is 1.89. The highest BCUT2D eigenvalue weighted by molar-refractivity contribution is 7.18. The van der Waals surface area contributed by atoms with Crippen molar-refractivity contribution < 1.29 is 0 Å². The molecule has 0 aliphatic heterocycles. The zero-order valence-corrected chi connectivity index (χ0v) is 6.41. The molecule has 0 aromatic carbocycles. The Labute approximate surface area is 57.0 Å². The first kappa shape index (κ1) is 6.50. The SMILES string of the molecule is Cc1ccncc1NP. The third-order valence-electron chi connectivity index (χ3n) is 1.19. The number of aromatic nitrogens is 1. The fourth-order valence-corrected chi connectivity index (χ4v) is 0.917. The van der Waals surface area contributed by atoms with Crippen molar-refractivity contribution in [2.45, 2.75) is 6.92 Å². The van der Waals surface area contributed by atoms with E-state index >= 15 is 0 Å². The molecule has 1 unspecified atom stereocenters. The van der Waals surface area contributed by atoms with Crippen molar-refractivity contribution in [1.82, 2.24) is 4.98 Å². The average molecular weight is 140 g/mol. The third-order valence-corrected chi connectivity index (χ3v) is 1.51. The van der Waals surface area contributed by atoms with Gasteiger partial charge in [0, 0.05) is 6.20 Å². The summed E-state index contributed by atoms with van der Waals surface area (Å²) in [5.41, 5.74) is 2.27. The molecule has 1 N–H and O–H groups in total. The Kier molecular flexibility index (Phi) is 2.01. The van der Waals surface area contributed by atoms with Gasteiger partial charge in [0.15, 0.2) is 0 Å². The molecule has 0 radical (unpaired) electrons. The first-order valence-electron chi connectivity index (χ1n) is 2.72. The van der Waals surface area contributed by atoms with Gasteiger partial charge in [0.25, 0.3) is 0 Å². The second-order valence-electron chi connectivity index (χ2n) is 1.83. The highest BCUT2D eigenvalue weighted by atomic mass is 31.0. The van der Waals surface area contributed by atoms with Crippen LogP contribution >= 0.6 is 9.39 Å². The number of nitrogens with zero attached hydrogens (tertiary/aromatic N) is 1. The lowest BCUT2D eigenvalue weighted by Crippen LogP contribution is -1.84. The van der Waals surface area contributed by atoms with E-state index in [-0.39, 0.29) is 0 Å². The third kappa shape index (κ3) is 1.39. The Balaban J connectivity index is 3.01. The molecule has 1 aromatic heterocycles. The summed E-state index contributed by atoms with van der Waals surface area (Å²) in [5, 5.41) is 2.95. The summed E-state index contributed by atoms with van der Waals surface area (Å²) in [4.78, 5) is 3.94. The summed E-state index contributed by atoms with van der Waals surface area (Å²) in [7, 11) is 2.44. The molecule has 0 saturated carbocycles. The van der Waals surface area contributed by atoms with Gasteiger partial charge in [-0.1, -0.05) is 0 Å². The van der Waals surface area contributed by atoms with Crippen LogP contribution in [0.3, 0.4) is 0 Å². The summed E-state index contributed by atoms with van der Waals surface area (Å²) < 4.78 is 0. The van der Waals surface area contributed by atoms with Gasteiger partial charge >= 0.3 is 0 Å². The van der Waals surface area contributed by atoms with E-state index in [4.69, 9.17) is 0 Å². The zero-order valence-electron chi connectivity index (χ0n) is 5.26. The molecule has 0 fully saturated rings. The Morgan fingerprint density at radius 2 is 2.44 bits per heavy atom.